The predicted octanol–water partition coefficient (Wildman–Crippen LogP) is 3.78. The van der Waals surface area contributed by atoms with Crippen LogP contribution in [-0.2, 0) is 17.6 Å². The van der Waals surface area contributed by atoms with Crippen molar-refractivity contribution in [3.05, 3.63) is 47.3 Å². The highest BCUT2D eigenvalue weighted by Crippen LogP contribution is 2.34. The smallest absolute Gasteiger partial charge is 0.165 e. The fraction of sp³-hybridized carbons (Fsp3) is 0.429. The van der Waals surface area contributed by atoms with Crippen LogP contribution in [0.1, 0.15) is 36.2 Å². The van der Waals surface area contributed by atoms with Crippen LogP contribution in [-0.4, -0.2) is 33.9 Å². The minimum atomic E-state index is 0.306. The van der Waals surface area contributed by atoms with Gasteiger partial charge in [0.15, 0.2) is 5.65 Å². The first-order valence-corrected chi connectivity index (χ1v) is 9.63. The van der Waals surface area contributed by atoms with Crippen molar-refractivity contribution < 1.29 is 4.74 Å². The molecule has 1 atom stereocenters. The highest BCUT2D eigenvalue weighted by Gasteiger charge is 2.25. The molecular formula is C21H24N4O. The Morgan fingerprint density at radius 3 is 2.88 bits per heavy atom. The minimum Gasteiger partial charge on any atom is -0.376 e. The van der Waals surface area contributed by atoms with Crippen LogP contribution in [0.4, 0.5) is 5.82 Å². The third kappa shape index (κ3) is 2.58. The minimum absolute atomic E-state index is 0.306. The zero-order valence-corrected chi connectivity index (χ0v) is 15.2. The summed E-state index contributed by atoms with van der Waals surface area (Å²) in [5.74, 6) is 1.11. The van der Waals surface area contributed by atoms with Gasteiger partial charge in [-0.1, -0.05) is 30.3 Å². The van der Waals surface area contributed by atoms with E-state index in [1.165, 1.54) is 23.2 Å². The fourth-order valence-electron chi connectivity index (χ4n) is 4.28. The maximum Gasteiger partial charge on any atom is 0.165 e. The normalized spacial score (nSPS) is 19.2. The molecule has 134 valence electrons. The third-order valence-corrected chi connectivity index (χ3v) is 5.55. The maximum atomic E-state index is 5.80. The van der Waals surface area contributed by atoms with Gasteiger partial charge in [0.25, 0.3) is 0 Å². The second-order valence-corrected chi connectivity index (χ2v) is 7.32. The molecule has 1 fully saturated rings. The molecule has 5 heteroatoms. The molecule has 1 aliphatic heterocycles. The van der Waals surface area contributed by atoms with Crippen molar-refractivity contribution in [2.75, 3.05) is 18.5 Å². The number of hydrogen-bond acceptors (Lipinski definition) is 4. The zero-order chi connectivity index (χ0) is 17.5. The average Bonchev–Trinajstić information content (AvgIpc) is 3.39. The van der Waals surface area contributed by atoms with Crippen LogP contribution in [0.15, 0.2) is 30.3 Å². The van der Waals surface area contributed by atoms with Crippen LogP contribution in [0.25, 0.3) is 16.8 Å². The van der Waals surface area contributed by atoms with E-state index < -0.39 is 0 Å². The molecule has 0 saturated carbocycles. The lowest BCUT2D eigenvalue weighted by atomic mass is 10.1. The Hall–Kier alpha value is -2.40. The molecule has 0 bridgehead atoms. The lowest BCUT2D eigenvalue weighted by molar-refractivity contribution is 0.120. The van der Waals surface area contributed by atoms with E-state index in [1.54, 1.807) is 0 Å². The molecule has 26 heavy (non-hydrogen) atoms. The van der Waals surface area contributed by atoms with Crippen LogP contribution >= 0.6 is 0 Å². The van der Waals surface area contributed by atoms with Crippen molar-refractivity contribution in [1.29, 1.82) is 0 Å². The Labute approximate surface area is 153 Å². The summed E-state index contributed by atoms with van der Waals surface area (Å²) in [7, 11) is 0. The summed E-state index contributed by atoms with van der Waals surface area (Å²) in [5, 5.41) is 8.52. The van der Waals surface area contributed by atoms with Gasteiger partial charge in [0.2, 0.25) is 0 Å². The van der Waals surface area contributed by atoms with Crippen molar-refractivity contribution in [3.63, 3.8) is 0 Å². The molecule has 2 aliphatic rings. The number of nitrogens with one attached hydrogen (secondary N) is 1. The van der Waals surface area contributed by atoms with Gasteiger partial charge < -0.3 is 10.1 Å². The van der Waals surface area contributed by atoms with E-state index in [-0.39, 0.29) is 0 Å². The third-order valence-electron chi connectivity index (χ3n) is 5.55. The molecule has 0 unspecified atom stereocenters. The zero-order valence-electron chi connectivity index (χ0n) is 15.2. The molecule has 3 aromatic rings. The summed E-state index contributed by atoms with van der Waals surface area (Å²) < 4.78 is 7.82. The van der Waals surface area contributed by atoms with Crippen molar-refractivity contribution in [2.45, 2.75) is 45.1 Å². The summed E-state index contributed by atoms with van der Waals surface area (Å²) in [6, 6.07) is 10.5. The molecule has 0 radical (unpaired) electrons. The van der Waals surface area contributed by atoms with Crippen LogP contribution in [0.2, 0.25) is 0 Å². The second-order valence-electron chi connectivity index (χ2n) is 7.32. The van der Waals surface area contributed by atoms with Gasteiger partial charge in [-0.2, -0.15) is 9.61 Å². The highest BCUT2D eigenvalue weighted by atomic mass is 16.5. The largest absolute Gasteiger partial charge is 0.376 e. The monoisotopic (exact) mass is 348 g/mol. The number of ether oxygens (including phenoxy) is 1. The van der Waals surface area contributed by atoms with E-state index in [0.29, 0.717) is 6.10 Å². The fourth-order valence-corrected chi connectivity index (χ4v) is 4.28. The molecule has 1 saturated heterocycles. The average molecular weight is 348 g/mol. The summed E-state index contributed by atoms with van der Waals surface area (Å²) >= 11 is 0. The lowest BCUT2D eigenvalue weighted by Crippen LogP contribution is -2.21. The Morgan fingerprint density at radius 2 is 2.08 bits per heavy atom. The number of aromatic nitrogens is 3. The van der Waals surface area contributed by atoms with Gasteiger partial charge in [0.1, 0.15) is 5.82 Å². The first-order valence-electron chi connectivity index (χ1n) is 9.63. The van der Waals surface area contributed by atoms with Gasteiger partial charge in [-0.15, -0.1) is 0 Å². The lowest BCUT2D eigenvalue weighted by Gasteiger charge is -2.16. The SMILES string of the molecule is Cc1nn2c(NC[C@H]3CCCO3)c3c(nc2c1-c1ccccc1)CCC3. The molecule has 1 aliphatic carbocycles. The number of fused-ring (bicyclic) bond motifs is 2. The summed E-state index contributed by atoms with van der Waals surface area (Å²) in [6.45, 7) is 3.80. The number of aryl methyl sites for hydroxylation is 2. The van der Waals surface area contributed by atoms with E-state index in [0.717, 1.165) is 61.6 Å². The van der Waals surface area contributed by atoms with Crippen molar-refractivity contribution in [3.8, 4) is 11.1 Å². The quantitative estimate of drug-likeness (QED) is 0.779. The van der Waals surface area contributed by atoms with E-state index in [2.05, 4.69) is 36.5 Å². The molecule has 0 amide bonds. The van der Waals surface area contributed by atoms with Gasteiger partial charge in [-0.3, -0.25) is 0 Å². The Bertz CT molecular complexity index is 942. The van der Waals surface area contributed by atoms with Gasteiger partial charge in [-0.25, -0.2) is 4.98 Å². The van der Waals surface area contributed by atoms with E-state index in [9.17, 15) is 0 Å². The van der Waals surface area contributed by atoms with E-state index in [1.807, 2.05) is 10.6 Å². The first-order chi connectivity index (χ1) is 12.8. The Balaban J connectivity index is 1.63. The van der Waals surface area contributed by atoms with Gasteiger partial charge in [0.05, 0.1) is 11.8 Å². The van der Waals surface area contributed by atoms with Crippen LogP contribution < -0.4 is 5.32 Å². The number of hydrogen-bond donors (Lipinski definition) is 1. The molecular weight excluding hydrogens is 324 g/mol. The summed E-state index contributed by atoms with van der Waals surface area (Å²) in [6.07, 6.45) is 5.90. The van der Waals surface area contributed by atoms with Crippen LogP contribution in [0.3, 0.4) is 0 Å². The topological polar surface area (TPSA) is 51.5 Å². The second kappa shape index (κ2) is 6.40. The van der Waals surface area contributed by atoms with Crippen molar-refractivity contribution >= 4 is 11.5 Å². The number of anilines is 1. The highest BCUT2D eigenvalue weighted by molar-refractivity contribution is 5.81. The number of nitrogens with zero attached hydrogens (tertiary/aromatic N) is 3. The van der Waals surface area contributed by atoms with Gasteiger partial charge in [0, 0.05) is 30.0 Å². The Kier molecular flexibility index (Phi) is 3.89. The van der Waals surface area contributed by atoms with Crippen molar-refractivity contribution in [2.24, 2.45) is 0 Å². The van der Waals surface area contributed by atoms with E-state index in [4.69, 9.17) is 14.8 Å². The number of benzene rings is 1. The van der Waals surface area contributed by atoms with E-state index >= 15 is 0 Å². The Morgan fingerprint density at radius 1 is 1.19 bits per heavy atom. The summed E-state index contributed by atoms with van der Waals surface area (Å²) in [5.41, 5.74) is 6.86. The standard InChI is InChI=1S/C21H24N4O/c1-14-19(15-7-3-2-4-8-15)21-23-18-11-5-10-17(18)20(25(21)24-14)22-13-16-9-6-12-26-16/h2-4,7-8,16,22H,5-6,9-13H2,1H3/t16-/m1/s1. The van der Waals surface area contributed by atoms with Crippen LogP contribution in [0.5, 0.6) is 0 Å². The maximum absolute atomic E-state index is 5.80. The molecule has 2 aromatic heterocycles. The number of rotatable bonds is 4. The molecule has 5 nitrogen and oxygen atoms in total. The van der Waals surface area contributed by atoms with Gasteiger partial charge >= 0.3 is 0 Å². The predicted molar refractivity (Wildman–Crippen MR) is 103 cm³/mol. The summed E-state index contributed by atoms with van der Waals surface area (Å²) in [4.78, 5) is 5.02. The molecule has 0 spiro atoms. The molecule has 1 aromatic carbocycles. The molecule has 1 N–H and O–H groups in total. The first kappa shape index (κ1) is 15.8. The van der Waals surface area contributed by atoms with Gasteiger partial charge in [-0.05, 0) is 44.6 Å². The molecule has 3 heterocycles. The molecule has 5 rings (SSSR count). The van der Waals surface area contributed by atoms with Crippen LogP contribution in [0, 0.1) is 6.92 Å². The van der Waals surface area contributed by atoms with Crippen molar-refractivity contribution in [1.82, 2.24) is 14.6 Å².